The highest BCUT2D eigenvalue weighted by Gasteiger charge is 2.13. The van der Waals surface area contributed by atoms with Gasteiger partial charge in [0.05, 0.1) is 0 Å². The van der Waals surface area contributed by atoms with Gasteiger partial charge in [0.2, 0.25) is 0 Å². The minimum absolute atomic E-state index is 0.500. The van der Waals surface area contributed by atoms with Gasteiger partial charge in [-0.1, -0.05) is 36.4 Å². The van der Waals surface area contributed by atoms with Crippen LogP contribution in [0.3, 0.4) is 0 Å². The molecule has 1 nitrogen and oxygen atoms in total. The zero-order valence-corrected chi connectivity index (χ0v) is 8.44. The number of hydrogen-bond acceptors (Lipinski definition) is 1. The summed E-state index contributed by atoms with van der Waals surface area (Å²) in [7, 11) is 0. The predicted molar refractivity (Wildman–Crippen MR) is 51.0 cm³/mol. The Morgan fingerprint density at radius 3 is 2.33 bits per heavy atom. The molecule has 0 bridgehead atoms. The van der Waals surface area contributed by atoms with Crippen LogP contribution in [0.25, 0.3) is 0 Å². The molecule has 0 aliphatic heterocycles. The molecule has 2 N–H and O–H groups in total. The van der Waals surface area contributed by atoms with Crippen molar-refractivity contribution in [3.05, 3.63) is 0 Å². The molecule has 0 saturated heterocycles. The standard InChI is InChI=1S/C7H16IN/c1-7(2,6-8)4-3-5-9/h3-6,9H2,1-2H3. The molecule has 0 spiro atoms. The van der Waals surface area contributed by atoms with E-state index in [4.69, 9.17) is 5.73 Å². The van der Waals surface area contributed by atoms with Gasteiger partial charge in [0, 0.05) is 4.43 Å². The van der Waals surface area contributed by atoms with Crippen LogP contribution in [0.2, 0.25) is 0 Å². The van der Waals surface area contributed by atoms with Crippen molar-refractivity contribution >= 4 is 22.6 Å². The van der Waals surface area contributed by atoms with Gasteiger partial charge in [-0.15, -0.1) is 0 Å². The average Bonchev–Trinajstić information content (AvgIpc) is 1.84. The molecule has 0 rings (SSSR count). The Labute approximate surface area is 71.5 Å². The first-order valence-electron chi connectivity index (χ1n) is 3.38. The van der Waals surface area contributed by atoms with Gasteiger partial charge in [-0.25, -0.2) is 0 Å². The van der Waals surface area contributed by atoms with Crippen molar-refractivity contribution in [3.63, 3.8) is 0 Å². The maximum atomic E-state index is 5.39. The summed E-state index contributed by atoms with van der Waals surface area (Å²) in [5.41, 5.74) is 5.89. The molecule has 0 aromatic rings. The molecule has 0 aliphatic rings. The van der Waals surface area contributed by atoms with Crippen LogP contribution in [0.15, 0.2) is 0 Å². The normalized spacial score (nSPS) is 12.0. The Bertz CT molecular complexity index is 71.3. The first kappa shape index (κ1) is 9.69. The fraction of sp³-hybridized carbons (Fsp3) is 1.00. The molecular formula is C7H16IN. The topological polar surface area (TPSA) is 26.0 Å². The van der Waals surface area contributed by atoms with Gasteiger partial charge in [-0.2, -0.15) is 0 Å². The summed E-state index contributed by atoms with van der Waals surface area (Å²) in [5.74, 6) is 0. The molecule has 0 unspecified atom stereocenters. The lowest BCUT2D eigenvalue weighted by molar-refractivity contribution is 0.383. The van der Waals surface area contributed by atoms with Crippen LogP contribution >= 0.6 is 22.6 Å². The third-order valence-corrected chi connectivity index (χ3v) is 3.48. The zero-order valence-electron chi connectivity index (χ0n) is 6.28. The van der Waals surface area contributed by atoms with Gasteiger partial charge in [-0.3, -0.25) is 0 Å². The molecule has 0 amide bonds. The van der Waals surface area contributed by atoms with Crippen molar-refractivity contribution in [2.24, 2.45) is 11.1 Å². The average molecular weight is 241 g/mol. The Morgan fingerprint density at radius 2 is 2.00 bits per heavy atom. The number of hydrogen-bond donors (Lipinski definition) is 1. The molecule has 2 heteroatoms. The van der Waals surface area contributed by atoms with E-state index in [9.17, 15) is 0 Å². The molecule has 0 aromatic carbocycles. The second-order valence-electron chi connectivity index (χ2n) is 3.19. The molecule has 0 aromatic heterocycles. The van der Waals surface area contributed by atoms with Crippen molar-refractivity contribution in [1.82, 2.24) is 0 Å². The summed E-state index contributed by atoms with van der Waals surface area (Å²) in [5, 5.41) is 0. The number of halogens is 1. The molecule has 56 valence electrons. The lowest BCUT2D eigenvalue weighted by atomic mass is 9.91. The van der Waals surface area contributed by atoms with Crippen molar-refractivity contribution in [3.8, 4) is 0 Å². The van der Waals surface area contributed by atoms with Crippen LogP contribution in [0.4, 0.5) is 0 Å². The monoisotopic (exact) mass is 241 g/mol. The quantitative estimate of drug-likeness (QED) is 0.592. The lowest BCUT2D eigenvalue weighted by Crippen LogP contribution is -2.14. The van der Waals surface area contributed by atoms with Gasteiger partial charge >= 0.3 is 0 Å². The molecule has 0 atom stereocenters. The van der Waals surface area contributed by atoms with E-state index >= 15 is 0 Å². The van der Waals surface area contributed by atoms with E-state index in [1.165, 1.54) is 10.8 Å². The first-order valence-corrected chi connectivity index (χ1v) is 4.91. The van der Waals surface area contributed by atoms with E-state index < -0.39 is 0 Å². The summed E-state index contributed by atoms with van der Waals surface area (Å²) < 4.78 is 1.23. The van der Waals surface area contributed by atoms with Crippen molar-refractivity contribution in [2.75, 3.05) is 11.0 Å². The maximum absolute atomic E-state index is 5.39. The summed E-state index contributed by atoms with van der Waals surface area (Å²) in [4.78, 5) is 0. The Kier molecular flexibility index (Phi) is 4.84. The number of rotatable bonds is 4. The Morgan fingerprint density at radius 1 is 1.44 bits per heavy atom. The van der Waals surface area contributed by atoms with Gasteiger partial charge in [0.25, 0.3) is 0 Å². The highest BCUT2D eigenvalue weighted by atomic mass is 127. The molecule has 0 saturated carbocycles. The summed E-state index contributed by atoms with van der Waals surface area (Å²) in [6, 6.07) is 0. The number of alkyl halides is 1. The van der Waals surface area contributed by atoms with E-state index in [0.717, 1.165) is 13.0 Å². The van der Waals surface area contributed by atoms with E-state index in [0.29, 0.717) is 5.41 Å². The molecule has 0 radical (unpaired) electrons. The maximum Gasteiger partial charge on any atom is 0.00467 e. The smallest absolute Gasteiger partial charge is 0.00467 e. The fourth-order valence-corrected chi connectivity index (χ4v) is 1.03. The van der Waals surface area contributed by atoms with Gasteiger partial charge in [0.1, 0.15) is 0 Å². The van der Waals surface area contributed by atoms with Crippen molar-refractivity contribution < 1.29 is 0 Å². The second-order valence-corrected chi connectivity index (χ2v) is 3.95. The van der Waals surface area contributed by atoms with Crippen LogP contribution < -0.4 is 5.73 Å². The third-order valence-electron chi connectivity index (χ3n) is 1.42. The largest absolute Gasteiger partial charge is 0.330 e. The van der Waals surface area contributed by atoms with E-state index in [1.807, 2.05) is 0 Å². The summed E-state index contributed by atoms with van der Waals surface area (Å²) in [6.07, 6.45) is 2.42. The van der Waals surface area contributed by atoms with Crippen LogP contribution in [-0.2, 0) is 0 Å². The third kappa shape index (κ3) is 5.15. The van der Waals surface area contributed by atoms with Crippen molar-refractivity contribution in [2.45, 2.75) is 26.7 Å². The molecule has 0 heterocycles. The van der Waals surface area contributed by atoms with Gasteiger partial charge in [0.15, 0.2) is 0 Å². The summed E-state index contributed by atoms with van der Waals surface area (Å²) in [6.45, 7) is 5.41. The van der Waals surface area contributed by atoms with Crippen LogP contribution in [0.5, 0.6) is 0 Å². The lowest BCUT2D eigenvalue weighted by Gasteiger charge is -2.20. The Hall–Kier alpha value is 0.690. The highest BCUT2D eigenvalue weighted by molar-refractivity contribution is 14.1. The van der Waals surface area contributed by atoms with Crippen LogP contribution in [0, 0.1) is 5.41 Å². The predicted octanol–water partition coefficient (Wildman–Crippen LogP) is 2.19. The van der Waals surface area contributed by atoms with Gasteiger partial charge < -0.3 is 5.73 Å². The van der Waals surface area contributed by atoms with Crippen LogP contribution in [-0.4, -0.2) is 11.0 Å². The first-order chi connectivity index (χ1) is 4.12. The minimum atomic E-state index is 0.500. The number of nitrogens with two attached hydrogens (primary N) is 1. The molecule has 9 heavy (non-hydrogen) atoms. The molecule has 0 aliphatic carbocycles. The fourth-order valence-electron chi connectivity index (χ4n) is 0.647. The SMILES string of the molecule is CC(C)(CI)CCCN. The minimum Gasteiger partial charge on any atom is -0.330 e. The van der Waals surface area contributed by atoms with Gasteiger partial charge in [-0.05, 0) is 24.8 Å². The summed E-state index contributed by atoms with van der Waals surface area (Å²) >= 11 is 2.43. The van der Waals surface area contributed by atoms with E-state index in [1.54, 1.807) is 0 Å². The second kappa shape index (κ2) is 4.50. The van der Waals surface area contributed by atoms with E-state index in [2.05, 4.69) is 36.4 Å². The van der Waals surface area contributed by atoms with Crippen molar-refractivity contribution in [1.29, 1.82) is 0 Å². The highest BCUT2D eigenvalue weighted by Crippen LogP contribution is 2.23. The Balaban J connectivity index is 3.33. The molecular weight excluding hydrogens is 225 g/mol. The molecule has 0 fully saturated rings. The van der Waals surface area contributed by atoms with Crippen LogP contribution in [0.1, 0.15) is 26.7 Å². The van der Waals surface area contributed by atoms with E-state index in [-0.39, 0.29) is 0 Å². The zero-order chi connectivity index (χ0) is 7.33.